The number of piperazine rings is 1. The van der Waals surface area contributed by atoms with Gasteiger partial charge in [0, 0.05) is 81.8 Å². The third kappa shape index (κ3) is 4.43. The lowest BCUT2D eigenvalue weighted by molar-refractivity contribution is -0.139. The van der Waals surface area contributed by atoms with Crippen LogP contribution in [0.1, 0.15) is 29.7 Å². The van der Waals surface area contributed by atoms with Gasteiger partial charge in [-0.1, -0.05) is 24.3 Å². The van der Waals surface area contributed by atoms with Crippen molar-refractivity contribution in [2.24, 2.45) is 7.05 Å². The van der Waals surface area contributed by atoms with Gasteiger partial charge >= 0.3 is 0 Å². The quantitative estimate of drug-likeness (QED) is 0.522. The van der Waals surface area contributed by atoms with Crippen LogP contribution in [-0.2, 0) is 29.7 Å². The molecule has 0 aliphatic carbocycles. The maximum atomic E-state index is 11.9. The summed E-state index contributed by atoms with van der Waals surface area (Å²) in [6.45, 7) is 6.98. The molecule has 2 amide bonds. The van der Waals surface area contributed by atoms with Crippen molar-refractivity contribution in [2.45, 2.75) is 32.9 Å². The summed E-state index contributed by atoms with van der Waals surface area (Å²) in [7, 11) is 1.98. The highest BCUT2D eigenvalue weighted by atomic mass is 16.2. The second kappa shape index (κ2) is 9.34. The van der Waals surface area contributed by atoms with Crippen molar-refractivity contribution in [2.75, 3.05) is 31.1 Å². The van der Waals surface area contributed by atoms with E-state index in [1.165, 1.54) is 16.2 Å². The van der Waals surface area contributed by atoms with E-state index >= 15 is 0 Å². The Bertz CT molecular complexity index is 1180. The van der Waals surface area contributed by atoms with Gasteiger partial charge in [-0.2, -0.15) is 5.10 Å². The van der Waals surface area contributed by atoms with Gasteiger partial charge in [0.1, 0.15) is 5.69 Å². The SMILES string of the molecule is Cc1c(CN2CCN(c3nccnc3-c3ccc(CN4C(=O)CCC4=O)cc3)CC2)cnn1C. The molecule has 4 heterocycles. The monoisotopic (exact) mass is 459 g/mol. The molecule has 9 nitrogen and oxygen atoms in total. The Morgan fingerprint density at radius 1 is 0.882 bits per heavy atom. The number of hydrogen-bond acceptors (Lipinski definition) is 7. The Labute approximate surface area is 199 Å². The third-order valence-corrected chi connectivity index (χ3v) is 6.80. The first-order valence-corrected chi connectivity index (χ1v) is 11.7. The van der Waals surface area contributed by atoms with Crippen LogP contribution in [0.2, 0.25) is 0 Å². The molecule has 0 saturated carbocycles. The number of aromatic nitrogens is 4. The van der Waals surface area contributed by atoms with Crippen LogP contribution < -0.4 is 4.90 Å². The number of carbonyl (C=O) groups excluding carboxylic acids is 2. The van der Waals surface area contributed by atoms with Crippen LogP contribution in [-0.4, -0.2) is 67.5 Å². The van der Waals surface area contributed by atoms with Crippen molar-refractivity contribution in [1.29, 1.82) is 0 Å². The summed E-state index contributed by atoms with van der Waals surface area (Å²) >= 11 is 0. The van der Waals surface area contributed by atoms with Gasteiger partial charge in [-0.15, -0.1) is 0 Å². The number of nitrogens with zero attached hydrogens (tertiary/aromatic N) is 7. The molecule has 0 spiro atoms. The van der Waals surface area contributed by atoms with Crippen molar-refractivity contribution >= 4 is 17.6 Å². The van der Waals surface area contributed by atoms with Gasteiger partial charge in [-0.25, -0.2) is 4.98 Å². The first kappa shape index (κ1) is 22.2. The number of rotatable bonds is 6. The molecule has 0 atom stereocenters. The minimum atomic E-state index is -0.0943. The summed E-state index contributed by atoms with van der Waals surface area (Å²) < 4.78 is 1.92. The van der Waals surface area contributed by atoms with Crippen molar-refractivity contribution in [3.05, 3.63) is 59.7 Å². The largest absolute Gasteiger partial charge is 0.352 e. The molecule has 0 radical (unpaired) electrons. The molecule has 2 aliphatic heterocycles. The fraction of sp³-hybridized carbons (Fsp3) is 0.400. The number of likely N-dealkylation sites (tertiary alicyclic amines) is 1. The summed E-state index contributed by atoms with van der Waals surface area (Å²) in [5.74, 6) is 0.698. The number of benzene rings is 1. The molecule has 0 N–H and O–H groups in total. The molecular weight excluding hydrogens is 430 g/mol. The van der Waals surface area contributed by atoms with Crippen LogP contribution in [0.3, 0.4) is 0 Å². The molecule has 3 aromatic rings. The summed E-state index contributed by atoms with van der Waals surface area (Å²) in [6.07, 6.45) is 6.05. The molecule has 1 aromatic carbocycles. The van der Waals surface area contributed by atoms with E-state index in [-0.39, 0.29) is 11.8 Å². The van der Waals surface area contributed by atoms with E-state index in [2.05, 4.69) is 31.8 Å². The zero-order valence-corrected chi connectivity index (χ0v) is 19.6. The minimum Gasteiger partial charge on any atom is -0.352 e. The summed E-state index contributed by atoms with van der Waals surface area (Å²) in [4.78, 5) is 39.2. The van der Waals surface area contributed by atoms with Gasteiger partial charge < -0.3 is 4.90 Å². The maximum absolute atomic E-state index is 11.9. The van der Waals surface area contributed by atoms with Crippen LogP contribution in [0.15, 0.2) is 42.9 Å². The van der Waals surface area contributed by atoms with Crippen LogP contribution in [0.4, 0.5) is 5.82 Å². The molecule has 2 fully saturated rings. The Balaban J connectivity index is 1.26. The highest BCUT2D eigenvalue weighted by Gasteiger charge is 2.28. The summed E-state index contributed by atoms with van der Waals surface area (Å²) in [6, 6.07) is 7.91. The van der Waals surface area contributed by atoms with Gasteiger partial charge in [-0.05, 0) is 12.5 Å². The number of anilines is 1. The number of aryl methyl sites for hydroxylation is 1. The second-order valence-corrected chi connectivity index (χ2v) is 8.94. The third-order valence-electron chi connectivity index (χ3n) is 6.80. The average molecular weight is 460 g/mol. The Hall–Kier alpha value is -3.59. The van der Waals surface area contributed by atoms with E-state index in [9.17, 15) is 9.59 Å². The molecule has 2 aliphatic rings. The molecular formula is C25H29N7O2. The summed E-state index contributed by atoms with van der Waals surface area (Å²) in [5.41, 5.74) is 5.23. The lowest BCUT2D eigenvalue weighted by atomic mass is 10.1. The lowest BCUT2D eigenvalue weighted by Crippen LogP contribution is -2.46. The first-order valence-electron chi connectivity index (χ1n) is 11.7. The van der Waals surface area contributed by atoms with Gasteiger partial charge in [-0.3, -0.25) is 29.1 Å². The minimum absolute atomic E-state index is 0.0943. The number of carbonyl (C=O) groups is 2. The van der Waals surface area contributed by atoms with Crippen LogP contribution in [0.5, 0.6) is 0 Å². The van der Waals surface area contributed by atoms with Crippen molar-refractivity contribution in [3.63, 3.8) is 0 Å². The standard InChI is InChI=1S/C25H29N7O2/c1-18-21(15-28-29(18)2)17-30-11-13-31(14-12-30)25-24(26-9-10-27-25)20-5-3-19(4-6-20)16-32-22(33)7-8-23(32)34/h3-6,9-10,15H,7-8,11-14,16-17H2,1-2H3. The fourth-order valence-corrected chi connectivity index (χ4v) is 4.57. The molecule has 0 unspecified atom stereocenters. The smallest absolute Gasteiger partial charge is 0.229 e. The second-order valence-electron chi connectivity index (χ2n) is 8.94. The zero-order valence-electron chi connectivity index (χ0n) is 19.6. The Kier molecular flexibility index (Phi) is 6.10. The van der Waals surface area contributed by atoms with E-state index < -0.39 is 0 Å². The number of imide groups is 1. The van der Waals surface area contributed by atoms with Gasteiger partial charge in [0.25, 0.3) is 0 Å². The average Bonchev–Trinajstić information content (AvgIpc) is 3.35. The van der Waals surface area contributed by atoms with Crippen molar-refractivity contribution < 1.29 is 9.59 Å². The molecule has 2 aromatic heterocycles. The Morgan fingerprint density at radius 2 is 1.56 bits per heavy atom. The van der Waals surface area contributed by atoms with Crippen molar-refractivity contribution in [1.82, 2.24) is 29.5 Å². The highest BCUT2D eigenvalue weighted by molar-refractivity contribution is 6.01. The lowest BCUT2D eigenvalue weighted by Gasteiger charge is -2.35. The van der Waals surface area contributed by atoms with Gasteiger partial charge in [0.05, 0.1) is 12.7 Å². The van der Waals surface area contributed by atoms with Crippen LogP contribution >= 0.6 is 0 Å². The van der Waals surface area contributed by atoms with Crippen LogP contribution in [0.25, 0.3) is 11.3 Å². The topological polar surface area (TPSA) is 87.5 Å². The van der Waals surface area contributed by atoms with E-state index in [1.807, 2.05) is 42.2 Å². The molecule has 2 saturated heterocycles. The van der Waals surface area contributed by atoms with Crippen molar-refractivity contribution in [3.8, 4) is 11.3 Å². The van der Waals surface area contributed by atoms with E-state index in [0.717, 1.165) is 55.4 Å². The highest BCUT2D eigenvalue weighted by Crippen LogP contribution is 2.28. The van der Waals surface area contributed by atoms with Gasteiger partial charge in [0.2, 0.25) is 11.8 Å². The van der Waals surface area contributed by atoms with E-state index in [0.29, 0.717) is 19.4 Å². The van der Waals surface area contributed by atoms with E-state index in [1.54, 1.807) is 12.4 Å². The van der Waals surface area contributed by atoms with E-state index in [4.69, 9.17) is 0 Å². The normalized spacial score (nSPS) is 17.1. The fourth-order valence-electron chi connectivity index (χ4n) is 4.57. The maximum Gasteiger partial charge on any atom is 0.229 e. The molecule has 9 heteroatoms. The predicted molar refractivity (Wildman–Crippen MR) is 128 cm³/mol. The van der Waals surface area contributed by atoms with Crippen LogP contribution in [0, 0.1) is 6.92 Å². The number of hydrogen-bond donors (Lipinski definition) is 0. The first-order chi connectivity index (χ1) is 16.5. The van der Waals surface area contributed by atoms with Gasteiger partial charge in [0.15, 0.2) is 5.82 Å². The summed E-state index contributed by atoms with van der Waals surface area (Å²) in [5, 5.41) is 4.36. The number of amides is 2. The molecule has 5 rings (SSSR count). The molecule has 34 heavy (non-hydrogen) atoms. The molecule has 176 valence electrons. The zero-order chi connectivity index (χ0) is 23.7. The Morgan fingerprint density at radius 3 is 2.21 bits per heavy atom. The molecule has 0 bridgehead atoms. The predicted octanol–water partition coefficient (Wildman–Crippen LogP) is 2.16.